The van der Waals surface area contributed by atoms with Gasteiger partial charge in [-0.1, -0.05) is 4.57 Å². The molecule has 0 bridgehead atoms. The van der Waals surface area contributed by atoms with E-state index < -0.39 is 19.4 Å². The number of carboxylic acid groups (broad SMARTS) is 1. The zero-order valence-corrected chi connectivity index (χ0v) is 8.37. The maximum Gasteiger partial charge on any atom is 0.357 e. The van der Waals surface area contributed by atoms with Crippen molar-refractivity contribution in [3.8, 4) is 0 Å². The van der Waals surface area contributed by atoms with Crippen LogP contribution in [0.3, 0.4) is 0 Å². The van der Waals surface area contributed by atoms with Gasteiger partial charge in [-0.2, -0.15) is 5.06 Å². The van der Waals surface area contributed by atoms with Gasteiger partial charge in [0.1, 0.15) is 0 Å². The molecule has 1 aliphatic rings. The van der Waals surface area contributed by atoms with E-state index in [-0.39, 0.29) is 6.54 Å². The van der Waals surface area contributed by atoms with Crippen LogP contribution in [-0.4, -0.2) is 47.7 Å². The zero-order valence-electron chi connectivity index (χ0n) is 7.47. The topological polar surface area (TPSA) is 66.8 Å². The average molecular weight is 206 g/mol. The molecule has 1 N–H and O–H groups in total. The molecule has 0 saturated carbocycles. The van der Waals surface area contributed by atoms with Crippen LogP contribution in [-0.2, 0) is 14.2 Å². The Labute approximate surface area is 77.4 Å². The van der Waals surface area contributed by atoms with E-state index in [1.807, 2.05) is 6.92 Å². The first-order valence-electron chi connectivity index (χ1n) is 4.19. The maximum atomic E-state index is 11.3. The van der Waals surface area contributed by atoms with Gasteiger partial charge in [0.25, 0.3) is 5.66 Å². The third-order valence-electron chi connectivity index (χ3n) is 1.89. The monoisotopic (exact) mass is 206 g/mol. The number of carboxylic acids is 1. The van der Waals surface area contributed by atoms with Crippen LogP contribution in [0.2, 0.25) is 0 Å². The van der Waals surface area contributed by atoms with Gasteiger partial charge in [-0.15, -0.1) is 0 Å². The van der Waals surface area contributed by atoms with Crippen molar-refractivity contribution >= 4 is 13.8 Å². The predicted octanol–water partition coefficient (Wildman–Crippen LogP) is 0.534. The average Bonchev–Trinajstić information content (AvgIpc) is 2.08. The molecule has 5 nitrogen and oxygen atoms in total. The standard InChI is InChI=1S/C7H12NO4P/c1-2-12-8-3-4-13(11)6(5-8)7(9)10/h6H,2-5H2,1H3/p+1. The Morgan fingerprint density at radius 1 is 1.77 bits per heavy atom. The number of rotatable bonds is 3. The second-order valence-electron chi connectivity index (χ2n) is 2.80. The van der Waals surface area contributed by atoms with Crippen LogP contribution in [0, 0.1) is 0 Å². The maximum absolute atomic E-state index is 11.3. The molecule has 0 spiro atoms. The van der Waals surface area contributed by atoms with Crippen molar-refractivity contribution in [2.75, 3.05) is 25.9 Å². The van der Waals surface area contributed by atoms with E-state index >= 15 is 0 Å². The Kier molecular flexibility index (Phi) is 3.78. The van der Waals surface area contributed by atoms with Crippen LogP contribution in [0.25, 0.3) is 0 Å². The van der Waals surface area contributed by atoms with E-state index in [0.717, 1.165) is 0 Å². The summed E-state index contributed by atoms with van der Waals surface area (Å²) in [7, 11) is -1.60. The van der Waals surface area contributed by atoms with Gasteiger partial charge >= 0.3 is 13.8 Å². The van der Waals surface area contributed by atoms with Gasteiger partial charge in [-0.3, -0.25) is 4.84 Å². The lowest BCUT2D eigenvalue weighted by molar-refractivity contribution is -0.161. The van der Waals surface area contributed by atoms with Crippen molar-refractivity contribution in [3.63, 3.8) is 0 Å². The summed E-state index contributed by atoms with van der Waals surface area (Å²) in [6, 6.07) is 0. The van der Waals surface area contributed by atoms with Gasteiger partial charge in [0.2, 0.25) is 0 Å². The third kappa shape index (κ3) is 2.72. The van der Waals surface area contributed by atoms with Gasteiger partial charge in [-0.05, 0) is 6.92 Å². The molecule has 0 aromatic rings. The Morgan fingerprint density at radius 2 is 2.46 bits per heavy atom. The summed E-state index contributed by atoms with van der Waals surface area (Å²) >= 11 is 0. The molecule has 1 aliphatic heterocycles. The molecule has 13 heavy (non-hydrogen) atoms. The number of nitrogens with zero attached hydrogens (tertiary/aromatic N) is 1. The summed E-state index contributed by atoms with van der Waals surface area (Å²) in [5.41, 5.74) is -0.768. The van der Waals surface area contributed by atoms with Crippen molar-refractivity contribution in [2.24, 2.45) is 0 Å². The molecule has 0 radical (unpaired) electrons. The number of hydrogen-bond acceptors (Lipinski definition) is 4. The highest BCUT2D eigenvalue weighted by Gasteiger charge is 2.43. The summed E-state index contributed by atoms with van der Waals surface area (Å²) in [4.78, 5) is 15.8. The Hall–Kier alpha value is -0.510. The van der Waals surface area contributed by atoms with Crippen LogP contribution < -0.4 is 0 Å². The minimum absolute atomic E-state index is 0.235. The van der Waals surface area contributed by atoms with Crippen LogP contribution in [0.1, 0.15) is 6.92 Å². The van der Waals surface area contributed by atoms with Gasteiger partial charge in [0.05, 0.1) is 19.7 Å². The molecule has 1 fully saturated rings. The number of carbonyl (C=O) groups is 1. The fourth-order valence-corrected chi connectivity index (χ4v) is 2.58. The van der Waals surface area contributed by atoms with E-state index in [1.165, 1.54) is 0 Å². The normalized spacial score (nSPS) is 27.5. The highest BCUT2D eigenvalue weighted by Crippen LogP contribution is 2.32. The highest BCUT2D eigenvalue weighted by atomic mass is 31.1. The molecular weight excluding hydrogens is 193 g/mol. The molecular formula is C7H13NO4P+. The zero-order chi connectivity index (χ0) is 9.84. The van der Waals surface area contributed by atoms with Gasteiger partial charge < -0.3 is 5.11 Å². The second-order valence-corrected chi connectivity index (χ2v) is 4.71. The highest BCUT2D eigenvalue weighted by molar-refractivity contribution is 7.46. The SMILES string of the molecule is CCON1CC[P+](=O)C(C(=O)O)C1. The molecule has 6 heteroatoms. The van der Waals surface area contributed by atoms with Crippen LogP contribution >= 0.6 is 7.80 Å². The smallest absolute Gasteiger partial charge is 0.357 e. The van der Waals surface area contributed by atoms with Gasteiger partial charge in [0.15, 0.2) is 6.16 Å². The quantitative estimate of drug-likeness (QED) is 0.682. The summed E-state index contributed by atoms with van der Waals surface area (Å²) in [5.74, 6) is -0.995. The molecule has 1 saturated heterocycles. The molecule has 1 heterocycles. The van der Waals surface area contributed by atoms with E-state index in [9.17, 15) is 9.36 Å². The van der Waals surface area contributed by atoms with Crippen molar-refractivity contribution in [3.05, 3.63) is 0 Å². The van der Waals surface area contributed by atoms with Crippen molar-refractivity contribution in [1.29, 1.82) is 0 Å². The molecule has 0 aromatic carbocycles. The van der Waals surface area contributed by atoms with Crippen molar-refractivity contribution < 1.29 is 19.3 Å². The largest absolute Gasteiger partial charge is 0.478 e. The van der Waals surface area contributed by atoms with Crippen molar-refractivity contribution in [2.45, 2.75) is 12.6 Å². The second kappa shape index (κ2) is 4.65. The Morgan fingerprint density at radius 3 is 3.00 bits per heavy atom. The first-order chi connectivity index (χ1) is 6.15. The number of aliphatic carboxylic acids is 1. The summed E-state index contributed by atoms with van der Waals surface area (Å²) in [5, 5.41) is 10.3. The molecule has 0 aromatic heterocycles. The van der Waals surface area contributed by atoms with E-state index in [1.54, 1.807) is 5.06 Å². The Bertz CT molecular complexity index is 221. The van der Waals surface area contributed by atoms with Crippen molar-refractivity contribution in [1.82, 2.24) is 5.06 Å². The molecule has 2 unspecified atom stereocenters. The van der Waals surface area contributed by atoms with Gasteiger partial charge in [-0.25, -0.2) is 4.79 Å². The van der Waals surface area contributed by atoms with Crippen LogP contribution in [0.5, 0.6) is 0 Å². The van der Waals surface area contributed by atoms with Gasteiger partial charge in [0, 0.05) is 0 Å². The molecule has 0 amide bonds. The molecule has 1 rings (SSSR count). The summed E-state index contributed by atoms with van der Waals surface area (Å²) in [6.45, 7) is 3.15. The third-order valence-corrected chi connectivity index (χ3v) is 3.61. The van der Waals surface area contributed by atoms with E-state index in [2.05, 4.69) is 0 Å². The Balaban J connectivity index is 2.52. The number of hydrogen-bond donors (Lipinski definition) is 1. The lowest BCUT2D eigenvalue weighted by Gasteiger charge is -2.22. The minimum Gasteiger partial charge on any atom is -0.478 e. The lowest BCUT2D eigenvalue weighted by atomic mass is 10.4. The summed E-state index contributed by atoms with van der Waals surface area (Å²) in [6.07, 6.45) is 0.409. The van der Waals surface area contributed by atoms with E-state index in [4.69, 9.17) is 9.94 Å². The molecule has 74 valence electrons. The fourth-order valence-electron chi connectivity index (χ4n) is 1.24. The predicted molar refractivity (Wildman–Crippen MR) is 47.1 cm³/mol. The first kappa shape index (κ1) is 10.6. The molecule has 2 atom stereocenters. The van der Waals surface area contributed by atoms with Crippen LogP contribution in [0.4, 0.5) is 0 Å². The minimum atomic E-state index is -1.60. The summed E-state index contributed by atoms with van der Waals surface area (Å²) < 4.78 is 11.3. The number of hydroxylamine groups is 2. The van der Waals surface area contributed by atoms with Crippen LogP contribution in [0.15, 0.2) is 0 Å². The fraction of sp³-hybridized carbons (Fsp3) is 0.857. The van der Waals surface area contributed by atoms with E-state index in [0.29, 0.717) is 19.3 Å². The first-order valence-corrected chi connectivity index (χ1v) is 5.71. The lowest BCUT2D eigenvalue weighted by Crippen LogP contribution is -2.41. The molecule has 0 aliphatic carbocycles.